The van der Waals surface area contributed by atoms with Crippen molar-refractivity contribution in [1.29, 1.82) is 0 Å². The van der Waals surface area contributed by atoms with Crippen LogP contribution in [0.4, 0.5) is 5.69 Å². The van der Waals surface area contributed by atoms with E-state index in [4.69, 9.17) is 16.3 Å². The Balaban J connectivity index is 1.38. The number of fused-ring (bicyclic) bond motifs is 1. The van der Waals surface area contributed by atoms with Gasteiger partial charge in [-0.05, 0) is 78.7 Å². The molecule has 0 bridgehead atoms. The molecule has 3 aromatic rings. The molecule has 0 aliphatic carbocycles. The zero-order chi connectivity index (χ0) is 21.1. The molecule has 1 amide bonds. The maximum atomic E-state index is 12.5. The molecule has 1 aliphatic heterocycles. The average Bonchev–Trinajstić information content (AvgIpc) is 2.77. The molecule has 0 saturated heterocycles. The molecule has 0 atom stereocenters. The molecule has 1 aliphatic rings. The number of ether oxygens (including phenoxy) is 1. The van der Waals surface area contributed by atoms with Crippen molar-refractivity contribution in [3.8, 4) is 5.75 Å². The normalized spacial score (nSPS) is 12.6. The summed E-state index contributed by atoms with van der Waals surface area (Å²) in [5.41, 5.74) is 3.31. The molecule has 4 rings (SSSR count). The van der Waals surface area contributed by atoms with Crippen LogP contribution in [0, 0.1) is 0 Å². The summed E-state index contributed by atoms with van der Waals surface area (Å²) in [6.45, 7) is -0.115. The molecule has 3 aromatic carbocycles. The topological polar surface area (TPSA) is 72.5 Å². The smallest absolute Gasteiger partial charge is 0.224 e. The Kier molecular flexibility index (Phi) is 5.63. The van der Waals surface area contributed by atoms with Crippen LogP contribution in [-0.2, 0) is 11.2 Å². The minimum atomic E-state index is -0.156. The fourth-order valence-electron chi connectivity index (χ4n) is 3.26. The summed E-state index contributed by atoms with van der Waals surface area (Å²) in [6.07, 6.45) is 1.04. The van der Waals surface area contributed by atoms with Crippen LogP contribution in [0.15, 0.2) is 66.7 Å². The Morgan fingerprint density at radius 2 is 1.50 bits per heavy atom. The third kappa shape index (κ3) is 4.42. The highest BCUT2D eigenvalue weighted by molar-refractivity contribution is 6.30. The maximum Gasteiger partial charge on any atom is 0.224 e. The van der Waals surface area contributed by atoms with E-state index in [0.717, 1.165) is 11.3 Å². The van der Waals surface area contributed by atoms with Crippen LogP contribution in [0.1, 0.15) is 38.3 Å². The van der Waals surface area contributed by atoms with E-state index >= 15 is 0 Å². The van der Waals surface area contributed by atoms with E-state index in [1.54, 1.807) is 66.7 Å². The Labute approximate surface area is 178 Å². The SMILES string of the molecule is O=C1CCc2cc(C(=O)COc3ccc(C(=O)c4ccc(Cl)cc4)cc3)ccc2N1. The molecule has 1 N–H and O–H groups in total. The highest BCUT2D eigenvalue weighted by Gasteiger charge is 2.17. The first-order valence-electron chi connectivity index (χ1n) is 9.49. The zero-order valence-corrected chi connectivity index (χ0v) is 16.7. The van der Waals surface area contributed by atoms with Gasteiger partial charge < -0.3 is 10.1 Å². The predicted molar refractivity (Wildman–Crippen MR) is 115 cm³/mol. The number of halogens is 1. The molecule has 30 heavy (non-hydrogen) atoms. The summed E-state index contributed by atoms with van der Waals surface area (Å²) in [4.78, 5) is 36.4. The fraction of sp³-hybridized carbons (Fsp3) is 0.125. The van der Waals surface area contributed by atoms with E-state index < -0.39 is 0 Å². The molecule has 0 radical (unpaired) electrons. The minimum absolute atomic E-state index is 0.0112. The first kappa shape index (κ1) is 19.9. The van der Waals surface area contributed by atoms with E-state index in [1.165, 1.54) is 0 Å². The van der Waals surface area contributed by atoms with Crippen molar-refractivity contribution in [2.75, 3.05) is 11.9 Å². The second-order valence-electron chi connectivity index (χ2n) is 6.99. The van der Waals surface area contributed by atoms with Gasteiger partial charge in [0, 0.05) is 33.8 Å². The van der Waals surface area contributed by atoms with Crippen LogP contribution < -0.4 is 10.1 Å². The van der Waals surface area contributed by atoms with Crippen molar-refractivity contribution in [2.45, 2.75) is 12.8 Å². The van der Waals surface area contributed by atoms with E-state index in [1.807, 2.05) is 0 Å². The van der Waals surface area contributed by atoms with Crippen molar-refractivity contribution in [3.05, 3.63) is 94.0 Å². The highest BCUT2D eigenvalue weighted by Crippen LogP contribution is 2.24. The number of ketones is 2. The quantitative estimate of drug-likeness (QED) is 0.587. The lowest BCUT2D eigenvalue weighted by molar-refractivity contribution is -0.116. The number of nitrogens with one attached hydrogen (secondary N) is 1. The summed E-state index contributed by atoms with van der Waals surface area (Å²) >= 11 is 5.86. The van der Waals surface area contributed by atoms with Gasteiger partial charge in [0.15, 0.2) is 18.2 Å². The number of carbonyl (C=O) groups excluding carboxylic acids is 3. The number of amides is 1. The van der Waals surface area contributed by atoms with E-state index in [-0.39, 0.29) is 24.1 Å². The largest absolute Gasteiger partial charge is 0.485 e. The van der Waals surface area contributed by atoms with E-state index in [9.17, 15) is 14.4 Å². The van der Waals surface area contributed by atoms with E-state index in [2.05, 4.69) is 5.32 Å². The average molecular weight is 420 g/mol. The summed E-state index contributed by atoms with van der Waals surface area (Å²) in [5, 5.41) is 3.37. The fourth-order valence-corrected chi connectivity index (χ4v) is 3.39. The van der Waals surface area contributed by atoms with Gasteiger partial charge in [0.2, 0.25) is 5.91 Å². The van der Waals surface area contributed by atoms with Crippen LogP contribution in [-0.4, -0.2) is 24.1 Å². The third-order valence-corrected chi connectivity index (χ3v) is 5.17. The number of aryl methyl sites for hydroxylation is 1. The van der Waals surface area contributed by atoms with Crippen molar-refractivity contribution < 1.29 is 19.1 Å². The Bertz CT molecular complexity index is 1120. The molecule has 0 aromatic heterocycles. The van der Waals surface area contributed by atoms with Gasteiger partial charge >= 0.3 is 0 Å². The summed E-state index contributed by atoms with van der Waals surface area (Å²) in [7, 11) is 0. The lowest BCUT2D eigenvalue weighted by Gasteiger charge is -2.17. The van der Waals surface area contributed by atoms with Gasteiger partial charge in [-0.3, -0.25) is 14.4 Å². The van der Waals surface area contributed by atoms with Crippen LogP contribution in [0.2, 0.25) is 5.02 Å². The van der Waals surface area contributed by atoms with Gasteiger partial charge in [0.1, 0.15) is 5.75 Å². The zero-order valence-electron chi connectivity index (χ0n) is 16.0. The number of Topliss-reactive ketones (excluding diaryl/α,β-unsaturated/α-hetero) is 1. The third-order valence-electron chi connectivity index (χ3n) is 4.92. The van der Waals surface area contributed by atoms with Gasteiger partial charge in [-0.25, -0.2) is 0 Å². The molecule has 150 valence electrons. The number of hydrogen-bond donors (Lipinski definition) is 1. The van der Waals surface area contributed by atoms with Gasteiger partial charge in [0.05, 0.1) is 0 Å². The highest BCUT2D eigenvalue weighted by atomic mass is 35.5. The molecular formula is C24H18ClNO4. The van der Waals surface area contributed by atoms with Gasteiger partial charge in [-0.15, -0.1) is 0 Å². The molecule has 0 saturated carbocycles. The predicted octanol–water partition coefficient (Wildman–Crippen LogP) is 4.72. The number of carbonyl (C=O) groups is 3. The lowest BCUT2D eigenvalue weighted by atomic mass is 9.99. The lowest BCUT2D eigenvalue weighted by Crippen LogP contribution is -2.20. The summed E-state index contributed by atoms with van der Waals surface area (Å²) < 4.78 is 5.59. The standard InChI is InChI=1S/C24H18ClNO4/c25-19-7-1-15(2-8-19)24(29)16-3-9-20(10-4-16)30-14-22(27)18-5-11-21-17(13-18)6-12-23(28)26-21/h1-5,7-11,13H,6,12,14H2,(H,26,28). The summed E-state index contributed by atoms with van der Waals surface area (Å²) in [6, 6.07) is 18.6. The molecule has 0 unspecified atom stereocenters. The number of rotatable bonds is 6. The molecular weight excluding hydrogens is 402 g/mol. The van der Waals surface area contributed by atoms with Crippen molar-refractivity contribution >= 4 is 34.8 Å². The van der Waals surface area contributed by atoms with Gasteiger partial charge in [-0.2, -0.15) is 0 Å². The second kappa shape index (κ2) is 8.51. The number of benzene rings is 3. The molecule has 0 fully saturated rings. The Morgan fingerprint density at radius 3 is 2.20 bits per heavy atom. The second-order valence-corrected chi connectivity index (χ2v) is 7.43. The molecule has 1 heterocycles. The molecule has 6 heteroatoms. The number of anilines is 1. The van der Waals surface area contributed by atoms with E-state index in [0.29, 0.717) is 40.3 Å². The summed E-state index contributed by atoms with van der Waals surface area (Å²) in [5.74, 6) is 0.218. The molecule has 0 spiro atoms. The van der Waals surface area contributed by atoms with Crippen LogP contribution in [0.5, 0.6) is 5.75 Å². The van der Waals surface area contributed by atoms with Gasteiger partial charge in [-0.1, -0.05) is 11.6 Å². The first-order valence-corrected chi connectivity index (χ1v) is 9.86. The van der Waals surface area contributed by atoms with Crippen molar-refractivity contribution in [1.82, 2.24) is 0 Å². The molecule has 5 nitrogen and oxygen atoms in total. The van der Waals surface area contributed by atoms with Crippen LogP contribution in [0.3, 0.4) is 0 Å². The maximum absolute atomic E-state index is 12.5. The minimum Gasteiger partial charge on any atom is -0.485 e. The number of hydrogen-bond acceptors (Lipinski definition) is 4. The van der Waals surface area contributed by atoms with Crippen LogP contribution >= 0.6 is 11.6 Å². The Hall–Kier alpha value is -3.44. The first-order chi connectivity index (χ1) is 14.5. The monoisotopic (exact) mass is 419 g/mol. The van der Waals surface area contributed by atoms with Crippen molar-refractivity contribution in [2.24, 2.45) is 0 Å². The van der Waals surface area contributed by atoms with Crippen molar-refractivity contribution in [3.63, 3.8) is 0 Å². The van der Waals surface area contributed by atoms with Gasteiger partial charge in [0.25, 0.3) is 0 Å². The Morgan fingerprint density at radius 1 is 0.867 bits per heavy atom. The van der Waals surface area contributed by atoms with Crippen LogP contribution in [0.25, 0.3) is 0 Å².